The molecule has 1 amide bonds. The Labute approximate surface area is 160 Å². The van der Waals surface area contributed by atoms with Crippen molar-refractivity contribution in [3.63, 3.8) is 0 Å². The number of hydrogen-bond acceptors (Lipinski definition) is 5. The highest BCUT2D eigenvalue weighted by atomic mass is 32.1. The number of nitrogens with zero attached hydrogens (tertiary/aromatic N) is 2. The summed E-state index contributed by atoms with van der Waals surface area (Å²) in [5.74, 6) is 0.790. The molecular formula is C20H29N3O2S. The lowest BCUT2D eigenvalue weighted by Crippen LogP contribution is -2.13. The van der Waals surface area contributed by atoms with Crippen LogP contribution in [-0.4, -0.2) is 22.7 Å². The zero-order valence-corrected chi connectivity index (χ0v) is 17.0. The van der Waals surface area contributed by atoms with Crippen molar-refractivity contribution in [1.29, 1.82) is 0 Å². The number of amides is 1. The van der Waals surface area contributed by atoms with E-state index >= 15 is 0 Å². The molecule has 1 heterocycles. The van der Waals surface area contributed by atoms with Gasteiger partial charge in [0.15, 0.2) is 0 Å². The van der Waals surface area contributed by atoms with E-state index in [-0.39, 0.29) is 11.3 Å². The Bertz CT molecular complexity index is 690. The van der Waals surface area contributed by atoms with Gasteiger partial charge in [0.1, 0.15) is 10.8 Å². The highest BCUT2D eigenvalue weighted by Crippen LogP contribution is 2.24. The van der Waals surface area contributed by atoms with Crippen LogP contribution >= 0.6 is 11.3 Å². The molecule has 2 aromatic rings. The first-order chi connectivity index (χ1) is 12.4. The van der Waals surface area contributed by atoms with Crippen LogP contribution in [0.2, 0.25) is 0 Å². The van der Waals surface area contributed by atoms with Crippen molar-refractivity contribution >= 4 is 22.4 Å². The van der Waals surface area contributed by atoms with Crippen LogP contribution in [0.15, 0.2) is 24.3 Å². The van der Waals surface area contributed by atoms with Gasteiger partial charge < -0.3 is 10.1 Å². The number of hydrogen-bond donors (Lipinski definition) is 1. The van der Waals surface area contributed by atoms with Gasteiger partial charge in [0.2, 0.25) is 11.0 Å². The predicted octanol–water partition coefficient (Wildman–Crippen LogP) is 4.98. The van der Waals surface area contributed by atoms with E-state index in [4.69, 9.17) is 4.74 Å². The minimum atomic E-state index is -0.0464. The third-order valence-electron chi connectivity index (χ3n) is 3.99. The minimum absolute atomic E-state index is 0.0464. The molecule has 6 heteroatoms. The second kappa shape index (κ2) is 9.67. The fourth-order valence-electron chi connectivity index (χ4n) is 2.39. The van der Waals surface area contributed by atoms with Crippen LogP contribution in [-0.2, 0) is 16.6 Å². The summed E-state index contributed by atoms with van der Waals surface area (Å²) in [5, 5.41) is 12.5. The smallest absolute Gasteiger partial charge is 0.226 e. The second-order valence-corrected chi connectivity index (χ2v) is 8.44. The number of aromatic nitrogens is 2. The number of benzene rings is 1. The summed E-state index contributed by atoms with van der Waals surface area (Å²) in [4.78, 5) is 12.0. The molecule has 1 aromatic heterocycles. The SMILES string of the molecule is CCCCc1nnc(NC(=O)CCCOc2ccc(C(C)(C)C)cc2)s1. The van der Waals surface area contributed by atoms with Crippen molar-refractivity contribution in [3.8, 4) is 5.75 Å². The van der Waals surface area contributed by atoms with Crippen molar-refractivity contribution in [1.82, 2.24) is 10.2 Å². The fourth-order valence-corrected chi connectivity index (χ4v) is 3.19. The molecule has 0 fully saturated rings. The first-order valence-electron chi connectivity index (χ1n) is 9.24. The van der Waals surface area contributed by atoms with Crippen LogP contribution in [0.25, 0.3) is 0 Å². The first kappa shape index (κ1) is 20.4. The Balaban J connectivity index is 1.67. The molecule has 1 N–H and O–H groups in total. The van der Waals surface area contributed by atoms with Crippen LogP contribution in [0.4, 0.5) is 5.13 Å². The van der Waals surface area contributed by atoms with Gasteiger partial charge in [-0.05, 0) is 36.0 Å². The number of ether oxygens (including phenoxy) is 1. The van der Waals surface area contributed by atoms with E-state index in [2.05, 4.69) is 55.3 Å². The van der Waals surface area contributed by atoms with E-state index in [9.17, 15) is 4.79 Å². The van der Waals surface area contributed by atoms with Gasteiger partial charge in [-0.1, -0.05) is 57.6 Å². The molecule has 0 spiro atoms. The molecule has 26 heavy (non-hydrogen) atoms. The lowest BCUT2D eigenvalue weighted by atomic mass is 9.87. The third kappa shape index (κ3) is 6.75. The topological polar surface area (TPSA) is 64.1 Å². The molecule has 0 unspecified atom stereocenters. The zero-order valence-electron chi connectivity index (χ0n) is 16.2. The van der Waals surface area contributed by atoms with Crippen molar-refractivity contribution in [2.24, 2.45) is 0 Å². The fraction of sp³-hybridized carbons (Fsp3) is 0.550. The highest BCUT2D eigenvalue weighted by molar-refractivity contribution is 7.15. The van der Waals surface area contributed by atoms with Crippen LogP contribution < -0.4 is 10.1 Å². The average Bonchev–Trinajstić information content (AvgIpc) is 3.04. The number of rotatable bonds is 9. The van der Waals surface area contributed by atoms with Crippen LogP contribution in [0, 0.1) is 0 Å². The van der Waals surface area contributed by atoms with Gasteiger partial charge in [-0.25, -0.2) is 0 Å². The summed E-state index contributed by atoms with van der Waals surface area (Å²) >= 11 is 1.46. The van der Waals surface area contributed by atoms with Gasteiger partial charge in [-0.3, -0.25) is 4.79 Å². The standard InChI is InChI=1S/C20H29N3O2S/c1-5-6-9-18-22-23-19(26-18)21-17(24)8-7-14-25-16-12-10-15(11-13-16)20(2,3)4/h10-13H,5-9,14H2,1-4H3,(H,21,23,24). The molecule has 0 saturated carbocycles. The van der Waals surface area contributed by atoms with Gasteiger partial charge in [0, 0.05) is 12.8 Å². The highest BCUT2D eigenvalue weighted by Gasteiger charge is 2.13. The monoisotopic (exact) mass is 375 g/mol. The molecule has 1 aromatic carbocycles. The molecule has 0 aliphatic rings. The molecule has 0 radical (unpaired) electrons. The Hall–Kier alpha value is -1.95. The van der Waals surface area contributed by atoms with Crippen LogP contribution in [0.5, 0.6) is 5.75 Å². The molecule has 0 atom stereocenters. The maximum Gasteiger partial charge on any atom is 0.226 e. The van der Waals surface area contributed by atoms with Crippen molar-refractivity contribution < 1.29 is 9.53 Å². The van der Waals surface area contributed by atoms with Gasteiger partial charge in [-0.15, -0.1) is 10.2 Å². The summed E-state index contributed by atoms with van der Waals surface area (Å²) in [7, 11) is 0. The van der Waals surface area contributed by atoms with E-state index in [0.717, 1.165) is 30.0 Å². The molecular weight excluding hydrogens is 346 g/mol. The first-order valence-corrected chi connectivity index (χ1v) is 10.1. The Kier molecular flexibility index (Phi) is 7.57. The van der Waals surface area contributed by atoms with E-state index in [1.807, 2.05) is 12.1 Å². The van der Waals surface area contributed by atoms with Crippen molar-refractivity contribution in [2.75, 3.05) is 11.9 Å². The quantitative estimate of drug-likeness (QED) is 0.628. The van der Waals surface area contributed by atoms with Crippen molar-refractivity contribution in [2.45, 2.75) is 65.2 Å². The molecule has 2 rings (SSSR count). The van der Waals surface area contributed by atoms with Crippen LogP contribution in [0.3, 0.4) is 0 Å². The molecule has 0 aliphatic carbocycles. The lowest BCUT2D eigenvalue weighted by Gasteiger charge is -2.19. The van der Waals surface area contributed by atoms with Crippen molar-refractivity contribution in [3.05, 3.63) is 34.8 Å². The normalized spacial score (nSPS) is 11.4. The summed E-state index contributed by atoms with van der Waals surface area (Å²) < 4.78 is 5.72. The number of carbonyl (C=O) groups excluding carboxylic acids is 1. The second-order valence-electron chi connectivity index (χ2n) is 7.38. The van der Waals surface area contributed by atoms with Gasteiger partial charge in [-0.2, -0.15) is 0 Å². The average molecular weight is 376 g/mol. The molecule has 0 aliphatic heterocycles. The lowest BCUT2D eigenvalue weighted by molar-refractivity contribution is -0.116. The minimum Gasteiger partial charge on any atom is -0.494 e. The summed E-state index contributed by atoms with van der Waals surface area (Å²) in [6.07, 6.45) is 4.21. The zero-order chi connectivity index (χ0) is 19.0. The van der Waals surface area contributed by atoms with E-state index in [1.165, 1.54) is 16.9 Å². The maximum atomic E-state index is 12.0. The third-order valence-corrected chi connectivity index (χ3v) is 4.89. The molecule has 0 bridgehead atoms. The maximum absolute atomic E-state index is 12.0. The molecule has 142 valence electrons. The number of carbonyl (C=O) groups is 1. The number of anilines is 1. The van der Waals surface area contributed by atoms with Crippen LogP contribution in [0.1, 0.15) is 63.9 Å². The van der Waals surface area contributed by atoms with Gasteiger partial charge in [0.25, 0.3) is 0 Å². The van der Waals surface area contributed by atoms with E-state index < -0.39 is 0 Å². The predicted molar refractivity (Wildman–Crippen MR) is 107 cm³/mol. The summed E-state index contributed by atoms with van der Waals surface area (Å²) in [6.45, 7) is 9.22. The number of nitrogens with one attached hydrogen (secondary N) is 1. The Morgan fingerprint density at radius 1 is 1.15 bits per heavy atom. The molecule has 0 saturated heterocycles. The number of aryl methyl sites for hydroxylation is 1. The van der Waals surface area contributed by atoms with Gasteiger partial charge in [0.05, 0.1) is 6.61 Å². The summed E-state index contributed by atoms with van der Waals surface area (Å²) in [6, 6.07) is 8.15. The molecule has 5 nitrogen and oxygen atoms in total. The van der Waals surface area contributed by atoms with E-state index in [0.29, 0.717) is 24.6 Å². The number of unbranched alkanes of at least 4 members (excludes halogenated alkanes) is 1. The largest absolute Gasteiger partial charge is 0.494 e. The summed E-state index contributed by atoms with van der Waals surface area (Å²) in [5.41, 5.74) is 1.41. The van der Waals surface area contributed by atoms with Gasteiger partial charge >= 0.3 is 0 Å². The van der Waals surface area contributed by atoms with E-state index in [1.54, 1.807) is 0 Å². The Morgan fingerprint density at radius 3 is 2.54 bits per heavy atom. The Morgan fingerprint density at radius 2 is 1.88 bits per heavy atom.